The molecule has 4 aromatic rings. The largest absolute Gasteiger partial charge is 0.453 e. The second kappa shape index (κ2) is 6.26. The molecule has 24 heavy (non-hydrogen) atoms. The highest BCUT2D eigenvalue weighted by atomic mass is 32.1. The third-order valence-electron chi connectivity index (χ3n) is 3.59. The first-order valence-electron chi connectivity index (χ1n) is 7.53. The minimum absolute atomic E-state index is 0.116. The number of hydrogen-bond donors (Lipinski definition) is 0. The van der Waals surface area contributed by atoms with Crippen LogP contribution in [-0.2, 0) is 0 Å². The second-order valence-corrected chi connectivity index (χ2v) is 6.31. The van der Waals surface area contributed by atoms with Crippen molar-refractivity contribution in [1.82, 2.24) is 4.98 Å². The van der Waals surface area contributed by atoms with Gasteiger partial charge in [-0.05, 0) is 36.4 Å². The highest BCUT2D eigenvalue weighted by Crippen LogP contribution is 2.23. The van der Waals surface area contributed by atoms with Crippen LogP contribution in [0.25, 0.3) is 22.4 Å². The van der Waals surface area contributed by atoms with E-state index >= 15 is 0 Å². The summed E-state index contributed by atoms with van der Waals surface area (Å²) in [7, 11) is 0. The Morgan fingerprint density at radius 3 is 2.54 bits per heavy atom. The number of ketones is 1. The number of benzene rings is 2. The van der Waals surface area contributed by atoms with Crippen LogP contribution in [0.5, 0.6) is 0 Å². The van der Waals surface area contributed by atoms with E-state index in [4.69, 9.17) is 4.42 Å². The molecule has 0 aliphatic heterocycles. The van der Waals surface area contributed by atoms with E-state index in [1.165, 1.54) is 0 Å². The Morgan fingerprint density at radius 1 is 0.917 bits per heavy atom. The molecule has 3 nitrogen and oxygen atoms in total. The van der Waals surface area contributed by atoms with Gasteiger partial charge in [0.25, 0.3) is 0 Å². The van der Waals surface area contributed by atoms with E-state index in [2.05, 4.69) is 4.98 Å². The highest BCUT2D eigenvalue weighted by Gasteiger charge is 2.12. The van der Waals surface area contributed by atoms with Crippen molar-refractivity contribution in [3.8, 4) is 0 Å². The third kappa shape index (κ3) is 2.92. The lowest BCUT2D eigenvalue weighted by Gasteiger charge is -1.96. The van der Waals surface area contributed by atoms with Crippen LogP contribution in [0.1, 0.15) is 26.9 Å². The molecule has 0 N–H and O–H groups in total. The molecule has 4 rings (SSSR count). The Balaban J connectivity index is 1.55. The van der Waals surface area contributed by atoms with Crippen molar-refractivity contribution in [2.75, 3.05) is 0 Å². The number of thiazole rings is 1. The molecule has 2 aromatic carbocycles. The van der Waals surface area contributed by atoms with E-state index in [0.717, 1.165) is 15.2 Å². The lowest BCUT2D eigenvalue weighted by molar-refractivity contribution is 0.101. The van der Waals surface area contributed by atoms with Crippen LogP contribution in [0.15, 0.2) is 71.1 Å². The van der Waals surface area contributed by atoms with Crippen LogP contribution in [-0.4, -0.2) is 10.8 Å². The molecule has 0 fully saturated rings. The average Bonchev–Trinajstić information content (AvgIpc) is 3.26. The van der Waals surface area contributed by atoms with Gasteiger partial charge in [0.05, 0.1) is 10.2 Å². The maximum absolute atomic E-state index is 12.3. The molecule has 2 aromatic heterocycles. The predicted octanol–water partition coefficient (Wildman–Crippen LogP) is 5.29. The van der Waals surface area contributed by atoms with E-state index in [-0.39, 0.29) is 5.78 Å². The van der Waals surface area contributed by atoms with E-state index in [9.17, 15) is 4.79 Å². The molecule has 0 atom stereocenters. The number of furan rings is 1. The fourth-order valence-corrected chi connectivity index (χ4v) is 3.28. The van der Waals surface area contributed by atoms with Crippen LogP contribution < -0.4 is 0 Å². The Kier molecular flexibility index (Phi) is 3.81. The first-order valence-corrected chi connectivity index (χ1v) is 8.34. The summed E-state index contributed by atoms with van der Waals surface area (Å²) >= 11 is 1.62. The molecular weight excluding hydrogens is 318 g/mol. The fraction of sp³-hybridized carbons (Fsp3) is 0. The zero-order valence-electron chi connectivity index (χ0n) is 12.7. The number of nitrogens with zero attached hydrogens (tertiary/aromatic N) is 1. The second-order valence-electron chi connectivity index (χ2n) is 5.25. The molecule has 4 heteroatoms. The molecule has 0 amide bonds. The zero-order valence-corrected chi connectivity index (χ0v) is 13.5. The Hall–Kier alpha value is -2.98. The van der Waals surface area contributed by atoms with Gasteiger partial charge < -0.3 is 4.42 Å². The van der Waals surface area contributed by atoms with Crippen molar-refractivity contribution >= 4 is 39.5 Å². The Labute approximate surface area is 142 Å². The Bertz CT molecular complexity index is 995. The minimum Gasteiger partial charge on any atom is -0.453 e. The van der Waals surface area contributed by atoms with Crippen molar-refractivity contribution in [2.24, 2.45) is 0 Å². The lowest BCUT2D eigenvalue weighted by Crippen LogP contribution is -1.98. The maximum atomic E-state index is 12.3. The van der Waals surface area contributed by atoms with E-state index < -0.39 is 0 Å². The number of para-hydroxylation sites is 1. The van der Waals surface area contributed by atoms with Crippen molar-refractivity contribution in [3.05, 3.63) is 88.8 Å². The molecule has 0 saturated carbocycles. The molecule has 0 saturated heterocycles. The van der Waals surface area contributed by atoms with Crippen LogP contribution in [0.3, 0.4) is 0 Å². The van der Waals surface area contributed by atoms with E-state index in [1.807, 2.05) is 54.6 Å². The van der Waals surface area contributed by atoms with Gasteiger partial charge in [0.1, 0.15) is 10.8 Å². The van der Waals surface area contributed by atoms with Gasteiger partial charge in [0, 0.05) is 5.56 Å². The van der Waals surface area contributed by atoms with Gasteiger partial charge in [-0.2, -0.15) is 0 Å². The van der Waals surface area contributed by atoms with Gasteiger partial charge in [-0.25, -0.2) is 4.98 Å². The van der Waals surface area contributed by atoms with Crippen LogP contribution in [0.2, 0.25) is 0 Å². The molecule has 116 valence electrons. The van der Waals surface area contributed by atoms with Crippen molar-refractivity contribution in [2.45, 2.75) is 0 Å². The number of fused-ring (bicyclic) bond motifs is 1. The van der Waals surface area contributed by atoms with Gasteiger partial charge in [0.15, 0.2) is 5.76 Å². The maximum Gasteiger partial charge on any atom is 0.228 e. The van der Waals surface area contributed by atoms with Gasteiger partial charge >= 0.3 is 0 Å². The number of aromatic nitrogens is 1. The summed E-state index contributed by atoms with van der Waals surface area (Å²) in [5.41, 5.74) is 1.61. The van der Waals surface area contributed by atoms with E-state index in [0.29, 0.717) is 17.1 Å². The van der Waals surface area contributed by atoms with Crippen LogP contribution in [0, 0.1) is 0 Å². The number of carbonyl (C=O) groups excluding carboxylic acids is 1. The van der Waals surface area contributed by atoms with Gasteiger partial charge in [-0.3, -0.25) is 4.79 Å². The van der Waals surface area contributed by atoms with Crippen LogP contribution >= 0.6 is 11.3 Å². The summed E-state index contributed by atoms with van der Waals surface area (Å²) in [4.78, 5) is 16.9. The third-order valence-corrected chi connectivity index (χ3v) is 4.59. The predicted molar refractivity (Wildman–Crippen MR) is 97.1 cm³/mol. The van der Waals surface area contributed by atoms with Gasteiger partial charge in [-0.1, -0.05) is 42.5 Å². The summed E-state index contributed by atoms with van der Waals surface area (Å²) in [5.74, 6) is 0.855. The first-order chi connectivity index (χ1) is 11.8. The number of rotatable bonds is 4. The molecule has 0 aliphatic carbocycles. The average molecular weight is 331 g/mol. The van der Waals surface area contributed by atoms with Crippen LogP contribution in [0.4, 0.5) is 0 Å². The quantitative estimate of drug-likeness (QED) is 0.477. The molecule has 0 aliphatic rings. The zero-order chi connectivity index (χ0) is 16.4. The SMILES string of the molecule is O=C(c1ccccc1)c1ccc(C=Cc2nc3ccccc3s2)o1. The lowest BCUT2D eigenvalue weighted by atomic mass is 10.1. The van der Waals surface area contributed by atoms with Crippen molar-refractivity contribution < 1.29 is 9.21 Å². The molecule has 2 heterocycles. The number of hydrogen-bond acceptors (Lipinski definition) is 4. The van der Waals surface area contributed by atoms with Gasteiger partial charge in [0.2, 0.25) is 5.78 Å². The van der Waals surface area contributed by atoms with Gasteiger partial charge in [-0.15, -0.1) is 11.3 Å². The normalized spacial score (nSPS) is 11.3. The minimum atomic E-state index is -0.116. The van der Waals surface area contributed by atoms with Crippen molar-refractivity contribution in [3.63, 3.8) is 0 Å². The summed E-state index contributed by atoms with van der Waals surface area (Å²) in [5, 5.41) is 0.906. The van der Waals surface area contributed by atoms with Crippen molar-refractivity contribution in [1.29, 1.82) is 0 Å². The Morgan fingerprint density at radius 2 is 1.71 bits per heavy atom. The topological polar surface area (TPSA) is 43.1 Å². The molecule has 0 spiro atoms. The monoisotopic (exact) mass is 331 g/mol. The van der Waals surface area contributed by atoms with E-state index in [1.54, 1.807) is 35.6 Å². The summed E-state index contributed by atoms with van der Waals surface area (Å²) in [6, 6.07) is 20.6. The molecule has 0 unspecified atom stereocenters. The first kappa shape index (κ1) is 14.6. The fourth-order valence-electron chi connectivity index (χ4n) is 2.41. The summed E-state index contributed by atoms with van der Waals surface area (Å²) in [6.45, 7) is 0. The highest BCUT2D eigenvalue weighted by molar-refractivity contribution is 7.19. The molecule has 0 radical (unpaired) electrons. The summed E-state index contributed by atoms with van der Waals surface area (Å²) < 4.78 is 6.79. The molecule has 0 bridgehead atoms. The number of carbonyl (C=O) groups is 1. The standard InChI is InChI=1S/C20H13NO2S/c22-20(14-6-2-1-3-7-14)17-12-10-15(23-17)11-13-19-21-16-8-4-5-9-18(16)24-19/h1-13H. The molecular formula is C20H13NO2S. The smallest absolute Gasteiger partial charge is 0.228 e. The summed E-state index contributed by atoms with van der Waals surface area (Å²) in [6.07, 6.45) is 3.74.